The lowest BCUT2D eigenvalue weighted by atomic mass is 10.1. The summed E-state index contributed by atoms with van der Waals surface area (Å²) in [6.07, 6.45) is 2.44. The van der Waals surface area contributed by atoms with Gasteiger partial charge in [-0.15, -0.1) is 0 Å². The molecule has 110 valence electrons. The van der Waals surface area contributed by atoms with Crippen molar-refractivity contribution < 1.29 is 4.74 Å². The van der Waals surface area contributed by atoms with Crippen LogP contribution in [0.4, 0.5) is 11.8 Å². The van der Waals surface area contributed by atoms with Gasteiger partial charge in [-0.3, -0.25) is 0 Å². The van der Waals surface area contributed by atoms with Crippen molar-refractivity contribution in [1.82, 2.24) is 9.97 Å². The van der Waals surface area contributed by atoms with Crippen molar-refractivity contribution in [2.75, 3.05) is 30.9 Å². The number of rotatable bonds is 7. The van der Waals surface area contributed by atoms with Gasteiger partial charge in [0.25, 0.3) is 0 Å². The Hall–Kier alpha value is -2.14. The molecule has 0 bridgehead atoms. The number of anilines is 2. The first-order valence-corrected chi connectivity index (χ1v) is 7.29. The van der Waals surface area contributed by atoms with Gasteiger partial charge in [-0.25, -0.2) is 4.98 Å². The summed E-state index contributed by atoms with van der Waals surface area (Å²) in [7, 11) is 1.68. The number of nitrogens with one attached hydrogen (secondary N) is 2. The first kappa shape index (κ1) is 13.8. The van der Waals surface area contributed by atoms with Crippen molar-refractivity contribution in [2.24, 2.45) is 0 Å². The van der Waals surface area contributed by atoms with Crippen molar-refractivity contribution in [3.05, 3.63) is 36.4 Å². The van der Waals surface area contributed by atoms with Gasteiger partial charge in [-0.2, -0.15) is 4.98 Å². The Morgan fingerprint density at radius 1 is 1.19 bits per heavy atom. The lowest BCUT2D eigenvalue weighted by Crippen LogP contribution is -2.12. The maximum atomic E-state index is 5.05. The topological polar surface area (TPSA) is 59.1 Å². The average Bonchev–Trinajstić information content (AvgIpc) is 3.32. The van der Waals surface area contributed by atoms with Crippen molar-refractivity contribution >= 4 is 11.8 Å². The van der Waals surface area contributed by atoms with Crippen molar-refractivity contribution in [1.29, 1.82) is 0 Å². The molecule has 5 nitrogen and oxygen atoms in total. The van der Waals surface area contributed by atoms with E-state index in [0.29, 0.717) is 25.1 Å². The average molecular weight is 284 g/mol. The van der Waals surface area contributed by atoms with Crippen LogP contribution in [0.15, 0.2) is 36.4 Å². The molecule has 1 saturated carbocycles. The molecule has 3 rings (SSSR count). The van der Waals surface area contributed by atoms with Crippen LogP contribution in [0, 0.1) is 0 Å². The fourth-order valence-corrected chi connectivity index (χ4v) is 2.06. The zero-order valence-corrected chi connectivity index (χ0v) is 12.2. The summed E-state index contributed by atoms with van der Waals surface area (Å²) in [5.74, 6) is 1.52. The fraction of sp³-hybridized carbons (Fsp3) is 0.375. The summed E-state index contributed by atoms with van der Waals surface area (Å²) in [6.45, 7) is 1.32. The molecule has 1 fully saturated rings. The highest BCUT2D eigenvalue weighted by Gasteiger charge is 2.22. The van der Waals surface area contributed by atoms with Gasteiger partial charge in [0.15, 0.2) is 0 Å². The maximum Gasteiger partial charge on any atom is 0.225 e. The van der Waals surface area contributed by atoms with Crippen LogP contribution in [0.1, 0.15) is 12.8 Å². The van der Waals surface area contributed by atoms with Crippen LogP contribution in [-0.4, -0.2) is 36.3 Å². The molecule has 1 aliphatic rings. The van der Waals surface area contributed by atoms with Crippen LogP contribution in [0.25, 0.3) is 11.3 Å². The molecule has 1 aliphatic carbocycles. The summed E-state index contributed by atoms with van der Waals surface area (Å²) < 4.78 is 5.05. The van der Waals surface area contributed by atoms with Crippen LogP contribution in [-0.2, 0) is 4.74 Å². The van der Waals surface area contributed by atoms with Gasteiger partial charge in [0, 0.05) is 31.3 Å². The molecule has 2 aromatic rings. The first-order chi connectivity index (χ1) is 10.3. The van der Waals surface area contributed by atoms with E-state index >= 15 is 0 Å². The van der Waals surface area contributed by atoms with Gasteiger partial charge in [0.05, 0.1) is 12.3 Å². The Kier molecular flexibility index (Phi) is 4.31. The van der Waals surface area contributed by atoms with E-state index in [9.17, 15) is 0 Å². The van der Waals surface area contributed by atoms with Crippen LogP contribution in [0.3, 0.4) is 0 Å². The zero-order valence-electron chi connectivity index (χ0n) is 12.2. The molecule has 0 radical (unpaired) electrons. The molecule has 0 amide bonds. The molecule has 0 atom stereocenters. The predicted octanol–water partition coefficient (Wildman–Crippen LogP) is 2.78. The van der Waals surface area contributed by atoms with Gasteiger partial charge < -0.3 is 15.4 Å². The summed E-state index contributed by atoms with van der Waals surface area (Å²) in [6, 6.07) is 12.7. The van der Waals surface area contributed by atoms with E-state index in [4.69, 9.17) is 4.74 Å². The maximum absolute atomic E-state index is 5.05. The summed E-state index contributed by atoms with van der Waals surface area (Å²) in [5.41, 5.74) is 2.02. The van der Waals surface area contributed by atoms with Crippen molar-refractivity contribution in [3.63, 3.8) is 0 Å². The molecule has 1 heterocycles. The normalized spacial score (nSPS) is 14.0. The van der Waals surface area contributed by atoms with E-state index in [-0.39, 0.29) is 0 Å². The number of aromatic nitrogens is 2. The predicted molar refractivity (Wildman–Crippen MR) is 84.5 cm³/mol. The quantitative estimate of drug-likeness (QED) is 0.766. The number of benzene rings is 1. The molecule has 2 N–H and O–H groups in total. The van der Waals surface area contributed by atoms with Crippen LogP contribution >= 0.6 is 0 Å². The second kappa shape index (κ2) is 6.54. The van der Waals surface area contributed by atoms with Gasteiger partial charge >= 0.3 is 0 Å². The van der Waals surface area contributed by atoms with E-state index < -0.39 is 0 Å². The lowest BCUT2D eigenvalue weighted by Gasteiger charge is -2.11. The Labute approximate surface area is 124 Å². The summed E-state index contributed by atoms with van der Waals surface area (Å²) in [4.78, 5) is 9.11. The van der Waals surface area contributed by atoms with Crippen LogP contribution in [0.2, 0.25) is 0 Å². The van der Waals surface area contributed by atoms with E-state index in [2.05, 4.69) is 32.7 Å². The molecule has 0 aliphatic heterocycles. The summed E-state index contributed by atoms with van der Waals surface area (Å²) >= 11 is 0. The van der Waals surface area contributed by atoms with E-state index in [1.165, 1.54) is 12.8 Å². The van der Waals surface area contributed by atoms with E-state index in [1.807, 2.05) is 24.3 Å². The second-order valence-corrected chi connectivity index (χ2v) is 5.17. The van der Waals surface area contributed by atoms with Gasteiger partial charge in [0.2, 0.25) is 5.95 Å². The van der Waals surface area contributed by atoms with E-state index in [1.54, 1.807) is 7.11 Å². The minimum Gasteiger partial charge on any atom is -0.383 e. The number of hydrogen-bond acceptors (Lipinski definition) is 5. The smallest absolute Gasteiger partial charge is 0.225 e. The third-order valence-electron chi connectivity index (χ3n) is 3.31. The number of hydrogen-bond donors (Lipinski definition) is 2. The zero-order chi connectivity index (χ0) is 14.5. The first-order valence-electron chi connectivity index (χ1n) is 7.29. The van der Waals surface area contributed by atoms with Gasteiger partial charge in [-0.1, -0.05) is 30.3 Å². The van der Waals surface area contributed by atoms with Crippen molar-refractivity contribution in [2.45, 2.75) is 18.9 Å². The highest BCUT2D eigenvalue weighted by atomic mass is 16.5. The number of ether oxygens (including phenoxy) is 1. The molecule has 1 aromatic heterocycles. The molecular formula is C16H20N4O. The minimum atomic E-state index is 0.565. The third kappa shape index (κ3) is 3.92. The monoisotopic (exact) mass is 284 g/mol. The molecule has 5 heteroatoms. The Bertz CT molecular complexity index is 584. The number of nitrogens with zero attached hydrogens (tertiary/aromatic N) is 2. The standard InChI is InChI=1S/C16H20N4O/c1-21-10-9-17-16-19-14(12-5-3-2-4-6-12)11-15(20-16)18-13-7-8-13/h2-6,11,13H,7-10H2,1H3,(H2,17,18,19,20). The summed E-state index contributed by atoms with van der Waals surface area (Å²) in [5, 5.41) is 6.64. The highest BCUT2D eigenvalue weighted by Crippen LogP contribution is 2.26. The van der Waals surface area contributed by atoms with Crippen LogP contribution in [0.5, 0.6) is 0 Å². The Morgan fingerprint density at radius 2 is 2.00 bits per heavy atom. The minimum absolute atomic E-state index is 0.565. The van der Waals surface area contributed by atoms with Gasteiger partial charge in [0.1, 0.15) is 5.82 Å². The fourth-order valence-electron chi connectivity index (χ4n) is 2.06. The third-order valence-corrected chi connectivity index (χ3v) is 3.31. The SMILES string of the molecule is COCCNc1nc(NC2CC2)cc(-c2ccccc2)n1. The highest BCUT2D eigenvalue weighted by molar-refractivity contribution is 5.64. The second-order valence-electron chi connectivity index (χ2n) is 5.17. The molecule has 1 aromatic carbocycles. The van der Waals surface area contributed by atoms with Crippen molar-refractivity contribution in [3.8, 4) is 11.3 Å². The Balaban J connectivity index is 1.84. The Morgan fingerprint density at radius 3 is 2.71 bits per heavy atom. The molecular weight excluding hydrogens is 264 g/mol. The molecule has 0 spiro atoms. The number of methoxy groups -OCH3 is 1. The molecule has 0 unspecified atom stereocenters. The molecule has 21 heavy (non-hydrogen) atoms. The molecule has 0 saturated heterocycles. The van der Waals surface area contributed by atoms with E-state index in [0.717, 1.165) is 17.1 Å². The lowest BCUT2D eigenvalue weighted by molar-refractivity contribution is 0.210. The van der Waals surface area contributed by atoms with Gasteiger partial charge in [-0.05, 0) is 12.8 Å². The largest absolute Gasteiger partial charge is 0.383 e. The van der Waals surface area contributed by atoms with Crippen LogP contribution < -0.4 is 10.6 Å².